The van der Waals surface area contributed by atoms with Crippen molar-refractivity contribution in [3.05, 3.63) is 65.0 Å². The van der Waals surface area contributed by atoms with E-state index in [1.807, 2.05) is 32.0 Å². The van der Waals surface area contributed by atoms with Crippen LogP contribution in [0.2, 0.25) is 0 Å². The van der Waals surface area contributed by atoms with Gasteiger partial charge in [0.05, 0.1) is 11.3 Å². The van der Waals surface area contributed by atoms with Crippen LogP contribution in [0.4, 0.5) is 15.2 Å². The zero-order valence-electron chi connectivity index (χ0n) is 15.2. The molecule has 144 valence electrons. The maximum absolute atomic E-state index is 13.6. The number of anilines is 2. The van der Waals surface area contributed by atoms with Crippen molar-refractivity contribution < 1.29 is 14.0 Å². The van der Waals surface area contributed by atoms with E-state index in [1.165, 1.54) is 30.0 Å². The van der Waals surface area contributed by atoms with Crippen LogP contribution < -0.4 is 10.6 Å². The van der Waals surface area contributed by atoms with E-state index in [0.717, 1.165) is 28.2 Å². The number of halogens is 1. The van der Waals surface area contributed by atoms with Gasteiger partial charge in [-0.2, -0.15) is 0 Å². The summed E-state index contributed by atoms with van der Waals surface area (Å²) >= 11 is 2.33. The number of nitrogens with zero attached hydrogens (tertiary/aromatic N) is 2. The molecule has 0 unspecified atom stereocenters. The highest BCUT2D eigenvalue weighted by atomic mass is 32.2. The smallest absolute Gasteiger partial charge is 0.260 e. The molecule has 0 saturated carbocycles. The standard InChI is InChI=1S/C19H17FN4O2S2/c1-11-7-8-15(12(2)9-11)21-16(25)10-27-19-24-23-18(28-19)22-17(26)13-5-3-4-6-14(13)20/h3-9H,10H2,1-2H3,(H,21,25)(H,22,23,26). The number of aryl methyl sites for hydroxylation is 2. The van der Waals surface area contributed by atoms with Gasteiger partial charge in [0, 0.05) is 5.69 Å². The summed E-state index contributed by atoms with van der Waals surface area (Å²) in [5.74, 6) is -1.21. The van der Waals surface area contributed by atoms with Gasteiger partial charge in [-0.15, -0.1) is 10.2 Å². The Bertz CT molecular complexity index is 1020. The van der Waals surface area contributed by atoms with Gasteiger partial charge in [0.1, 0.15) is 5.82 Å². The van der Waals surface area contributed by atoms with Gasteiger partial charge in [0.15, 0.2) is 4.34 Å². The second-order valence-electron chi connectivity index (χ2n) is 5.96. The van der Waals surface area contributed by atoms with Gasteiger partial charge < -0.3 is 5.32 Å². The third-order valence-corrected chi connectivity index (χ3v) is 5.70. The summed E-state index contributed by atoms with van der Waals surface area (Å²) in [6.07, 6.45) is 0. The van der Waals surface area contributed by atoms with E-state index in [-0.39, 0.29) is 22.4 Å². The first kappa shape index (κ1) is 20.0. The minimum absolute atomic E-state index is 0.0697. The fraction of sp³-hybridized carbons (Fsp3) is 0.158. The molecular weight excluding hydrogens is 399 g/mol. The van der Waals surface area contributed by atoms with E-state index in [9.17, 15) is 14.0 Å². The van der Waals surface area contributed by atoms with E-state index >= 15 is 0 Å². The van der Waals surface area contributed by atoms with Gasteiger partial charge in [-0.3, -0.25) is 14.9 Å². The molecule has 2 amide bonds. The normalized spacial score (nSPS) is 10.5. The molecule has 0 aliphatic rings. The second kappa shape index (κ2) is 8.94. The Hall–Kier alpha value is -2.78. The lowest BCUT2D eigenvalue weighted by molar-refractivity contribution is -0.113. The minimum atomic E-state index is -0.609. The van der Waals surface area contributed by atoms with Crippen molar-refractivity contribution in [1.29, 1.82) is 0 Å². The number of carbonyl (C=O) groups is 2. The maximum atomic E-state index is 13.6. The van der Waals surface area contributed by atoms with Crippen molar-refractivity contribution in [2.75, 3.05) is 16.4 Å². The zero-order chi connectivity index (χ0) is 20.1. The van der Waals surface area contributed by atoms with Crippen molar-refractivity contribution in [3.8, 4) is 0 Å². The monoisotopic (exact) mass is 416 g/mol. The quantitative estimate of drug-likeness (QED) is 0.463. The molecule has 0 fully saturated rings. The summed E-state index contributed by atoms with van der Waals surface area (Å²) in [4.78, 5) is 24.2. The number of carbonyl (C=O) groups excluding carboxylic acids is 2. The molecular formula is C19H17FN4O2S2. The van der Waals surface area contributed by atoms with Gasteiger partial charge in [-0.05, 0) is 37.6 Å². The molecule has 3 rings (SSSR count). The Kier molecular flexibility index (Phi) is 6.37. The van der Waals surface area contributed by atoms with Crippen LogP contribution in [0.1, 0.15) is 21.5 Å². The van der Waals surface area contributed by atoms with Crippen LogP contribution in [-0.4, -0.2) is 27.8 Å². The lowest BCUT2D eigenvalue weighted by Crippen LogP contribution is -2.14. The first-order valence-electron chi connectivity index (χ1n) is 8.31. The number of amides is 2. The summed E-state index contributed by atoms with van der Waals surface area (Å²) in [5, 5.41) is 13.4. The second-order valence-corrected chi connectivity index (χ2v) is 8.16. The topological polar surface area (TPSA) is 84.0 Å². The number of nitrogens with one attached hydrogen (secondary N) is 2. The number of aromatic nitrogens is 2. The van der Waals surface area contributed by atoms with E-state index in [2.05, 4.69) is 20.8 Å². The molecule has 28 heavy (non-hydrogen) atoms. The molecule has 6 nitrogen and oxygen atoms in total. The summed E-state index contributed by atoms with van der Waals surface area (Å²) in [6.45, 7) is 3.93. The van der Waals surface area contributed by atoms with Gasteiger partial charge in [-0.25, -0.2) is 4.39 Å². The van der Waals surface area contributed by atoms with Gasteiger partial charge in [0.25, 0.3) is 5.91 Å². The molecule has 2 aromatic carbocycles. The molecule has 1 heterocycles. The molecule has 0 aliphatic heterocycles. The Morgan fingerprint density at radius 1 is 1.11 bits per heavy atom. The van der Waals surface area contributed by atoms with Crippen molar-refractivity contribution in [1.82, 2.24) is 10.2 Å². The number of hydrogen-bond donors (Lipinski definition) is 2. The zero-order valence-corrected chi connectivity index (χ0v) is 16.8. The summed E-state index contributed by atoms with van der Waals surface area (Å²) in [5.41, 5.74) is 2.82. The SMILES string of the molecule is Cc1ccc(NC(=O)CSc2nnc(NC(=O)c3ccccc3F)s2)c(C)c1. The Balaban J connectivity index is 1.54. The average Bonchev–Trinajstić information content (AvgIpc) is 3.10. The molecule has 0 atom stereocenters. The van der Waals surface area contributed by atoms with Crippen LogP contribution in [0.25, 0.3) is 0 Å². The van der Waals surface area contributed by atoms with E-state index in [1.54, 1.807) is 6.07 Å². The number of benzene rings is 2. The molecule has 1 aromatic heterocycles. The number of rotatable bonds is 6. The van der Waals surface area contributed by atoms with Crippen molar-refractivity contribution in [2.45, 2.75) is 18.2 Å². The first-order valence-corrected chi connectivity index (χ1v) is 10.1. The fourth-order valence-corrected chi connectivity index (χ4v) is 3.94. The maximum Gasteiger partial charge on any atom is 0.260 e. The van der Waals surface area contributed by atoms with Crippen LogP contribution in [0.5, 0.6) is 0 Å². The fourth-order valence-electron chi connectivity index (χ4n) is 2.40. The third-order valence-electron chi connectivity index (χ3n) is 3.73. The molecule has 9 heteroatoms. The highest BCUT2D eigenvalue weighted by Gasteiger charge is 2.14. The summed E-state index contributed by atoms with van der Waals surface area (Å²) < 4.78 is 14.2. The highest BCUT2D eigenvalue weighted by molar-refractivity contribution is 8.01. The molecule has 0 spiro atoms. The Morgan fingerprint density at radius 2 is 1.89 bits per heavy atom. The molecule has 0 aliphatic carbocycles. The molecule has 2 N–H and O–H groups in total. The number of thioether (sulfide) groups is 1. The van der Waals surface area contributed by atoms with Crippen LogP contribution in [0.15, 0.2) is 46.8 Å². The highest BCUT2D eigenvalue weighted by Crippen LogP contribution is 2.26. The van der Waals surface area contributed by atoms with Gasteiger partial charge in [0.2, 0.25) is 11.0 Å². The van der Waals surface area contributed by atoms with E-state index < -0.39 is 11.7 Å². The van der Waals surface area contributed by atoms with Crippen LogP contribution in [0.3, 0.4) is 0 Å². The Labute approximate surface area is 169 Å². The Morgan fingerprint density at radius 3 is 2.64 bits per heavy atom. The molecule has 0 radical (unpaired) electrons. The molecule has 3 aromatic rings. The predicted octanol–water partition coefficient (Wildman–Crippen LogP) is 4.28. The predicted molar refractivity (Wildman–Crippen MR) is 110 cm³/mol. The molecule has 0 saturated heterocycles. The van der Waals surface area contributed by atoms with Crippen molar-refractivity contribution in [3.63, 3.8) is 0 Å². The summed E-state index contributed by atoms with van der Waals surface area (Å²) in [7, 11) is 0. The van der Waals surface area contributed by atoms with E-state index in [4.69, 9.17) is 0 Å². The van der Waals surface area contributed by atoms with Crippen LogP contribution >= 0.6 is 23.1 Å². The summed E-state index contributed by atoms with van der Waals surface area (Å²) in [6, 6.07) is 11.5. The largest absolute Gasteiger partial charge is 0.325 e. The average molecular weight is 417 g/mol. The molecule has 0 bridgehead atoms. The van der Waals surface area contributed by atoms with Crippen molar-refractivity contribution in [2.24, 2.45) is 0 Å². The van der Waals surface area contributed by atoms with Gasteiger partial charge in [-0.1, -0.05) is 52.9 Å². The van der Waals surface area contributed by atoms with Crippen molar-refractivity contribution >= 4 is 45.7 Å². The first-order chi connectivity index (χ1) is 13.4. The number of hydrogen-bond acceptors (Lipinski definition) is 6. The van der Waals surface area contributed by atoms with Crippen LogP contribution in [0, 0.1) is 19.7 Å². The van der Waals surface area contributed by atoms with Gasteiger partial charge >= 0.3 is 0 Å². The lowest BCUT2D eigenvalue weighted by Gasteiger charge is -2.08. The van der Waals surface area contributed by atoms with E-state index in [0.29, 0.717) is 4.34 Å². The lowest BCUT2D eigenvalue weighted by atomic mass is 10.1. The third kappa shape index (κ3) is 5.14. The minimum Gasteiger partial charge on any atom is -0.325 e. The van der Waals surface area contributed by atoms with Crippen LogP contribution in [-0.2, 0) is 4.79 Å².